The van der Waals surface area contributed by atoms with Crippen LogP contribution in [0.2, 0.25) is 0 Å². The first-order valence-electron chi connectivity index (χ1n) is 10.2. The van der Waals surface area contributed by atoms with Gasteiger partial charge in [0.15, 0.2) is 5.96 Å². The average Bonchev–Trinajstić information content (AvgIpc) is 3.17. The smallest absolute Gasteiger partial charge is 0.191 e. The molecule has 0 radical (unpaired) electrons. The van der Waals surface area contributed by atoms with Crippen LogP contribution < -0.4 is 10.6 Å². The third-order valence-electron chi connectivity index (χ3n) is 5.07. The molecular weight excluding hydrogens is 332 g/mol. The first kappa shape index (κ1) is 21.4. The number of ether oxygens (including phenoxy) is 3. The molecule has 0 amide bonds. The van der Waals surface area contributed by atoms with Gasteiger partial charge in [-0.3, -0.25) is 9.89 Å². The molecule has 2 heterocycles. The van der Waals surface area contributed by atoms with Crippen LogP contribution in [0.25, 0.3) is 0 Å². The van der Waals surface area contributed by atoms with E-state index in [4.69, 9.17) is 14.2 Å². The second kappa shape index (κ2) is 12.5. The van der Waals surface area contributed by atoms with Crippen molar-refractivity contribution in [2.45, 2.75) is 45.3 Å². The van der Waals surface area contributed by atoms with E-state index in [1.54, 1.807) is 0 Å². The summed E-state index contributed by atoms with van der Waals surface area (Å²) >= 11 is 0. The van der Waals surface area contributed by atoms with E-state index in [2.05, 4.69) is 34.4 Å². The van der Waals surface area contributed by atoms with E-state index in [1.807, 2.05) is 7.05 Å². The van der Waals surface area contributed by atoms with Crippen molar-refractivity contribution >= 4 is 5.96 Å². The Morgan fingerprint density at radius 3 is 2.69 bits per heavy atom. The predicted molar refractivity (Wildman–Crippen MR) is 105 cm³/mol. The molecule has 2 aliphatic heterocycles. The van der Waals surface area contributed by atoms with Gasteiger partial charge in [-0.2, -0.15) is 0 Å². The fraction of sp³-hybridized carbons (Fsp3) is 0.947. The van der Waals surface area contributed by atoms with Crippen LogP contribution in [0.4, 0.5) is 0 Å². The van der Waals surface area contributed by atoms with E-state index in [-0.39, 0.29) is 0 Å². The molecule has 0 spiro atoms. The first-order valence-corrected chi connectivity index (χ1v) is 10.2. The van der Waals surface area contributed by atoms with Crippen molar-refractivity contribution in [2.24, 2.45) is 10.9 Å². The molecule has 2 saturated heterocycles. The van der Waals surface area contributed by atoms with Crippen LogP contribution >= 0.6 is 0 Å². The van der Waals surface area contributed by atoms with Crippen LogP contribution in [0.3, 0.4) is 0 Å². The molecule has 0 aromatic carbocycles. The summed E-state index contributed by atoms with van der Waals surface area (Å²) in [5.41, 5.74) is 0. The minimum absolute atomic E-state index is 0.311. The third-order valence-corrected chi connectivity index (χ3v) is 5.07. The quantitative estimate of drug-likeness (QED) is 0.341. The lowest BCUT2D eigenvalue weighted by Crippen LogP contribution is -2.52. The highest BCUT2D eigenvalue weighted by Gasteiger charge is 2.23. The zero-order chi connectivity index (χ0) is 18.6. The summed E-state index contributed by atoms with van der Waals surface area (Å²) in [5, 5.41) is 6.86. The van der Waals surface area contributed by atoms with Crippen LogP contribution in [0.15, 0.2) is 4.99 Å². The molecule has 2 fully saturated rings. The van der Waals surface area contributed by atoms with E-state index in [1.165, 1.54) is 6.42 Å². The van der Waals surface area contributed by atoms with Crippen molar-refractivity contribution in [3.05, 3.63) is 0 Å². The monoisotopic (exact) mass is 370 g/mol. The van der Waals surface area contributed by atoms with Crippen molar-refractivity contribution in [2.75, 3.05) is 66.3 Å². The maximum atomic E-state index is 5.70. The van der Waals surface area contributed by atoms with Crippen LogP contribution in [-0.2, 0) is 14.2 Å². The average molecular weight is 371 g/mol. The molecule has 0 aromatic heterocycles. The molecule has 2 atom stereocenters. The Balaban J connectivity index is 1.58. The molecule has 0 aliphatic carbocycles. The lowest BCUT2D eigenvalue weighted by atomic mass is 10.0. The van der Waals surface area contributed by atoms with Crippen molar-refractivity contribution in [3.63, 3.8) is 0 Å². The van der Waals surface area contributed by atoms with Gasteiger partial charge in [0, 0.05) is 52.5 Å². The molecule has 0 bridgehead atoms. The minimum Gasteiger partial charge on any atom is -0.379 e. The summed E-state index contributed by atoms with van der Waals surface area (Å²) in [5.74, 6) is 1.45. The number of hydrogen-bond acceptors (Lipinski definition) is 5. The Morgan fingerprint density at radius 2 is 2.04 bits per heavy atom. The molecule has 2 aliphatic rings. The summed E-state index contributed by atoms with van der Waals surface area (Å²) in [6, 6.07) is 0.493. The van der Waals surface area contributed by atoms with Crippen molar-refractivity contribution < 1.29 is 14.2 Å². The largest absolute Gasteiger partial charge is 0.379 e. The highest BCUT2D eigenvalue weighted by atomic mass is 16.5. The Hall–Kier alpha value is -0.890. The third kappa shape index (κ3) is 7.78. The van der Waals surface area contributed by atoms with Gasteiger partial charge in [-0.15, -0.1) is 0 Å². The first-order chi connectivity index (χ1) is 12.7. The van der Waals surface area contributed by atoms with Gasteiger partial charge in [0.05, 0.1) is 25.9 Å². The Labute approximate surface area is 158 Å². The maximum absolute atomic E-state index is 5.70. The Morgan fingerprint density at radius 1 is 1.23 bits per heavy atom. The Bertz CT molecular complexity index is 394. The van der Waals surface area contributed by atoms with Gasteiger partial charge < -0.3 is 24.8 Å². The summed E-state index contributed by atoms with van der Waals surface area (Å²) in [6.07, 6.45) is 3.57. The van der Waals surface area contributed by atoms with Crippen molar-refractivity contribution in [3.8, 4) is 0 Å². The number of morpholine rings is 1. The zero-order valence-corrected chi connectivity index (χ0v) is 16.8. The van der Waals surface area contributed by atoms with Crippen LogP contribution in [0.1, 0.15) is 33.1 Å². The molecule has 2 unspecified atom stereocenters. The standard InChI is InChI=1S/C19H38N4O3/c1-16(2)18(23-8-12-24-13-9-23)14-22-19(20-3)21-7-5-10-25-15-17-6-4-11-26-17/h16-18H,4-15H2,1-3H3,(H2,20,21,22). The van der Waals surface area contributed by atoms with Crippen LogP contribution in [0, 0.1) is 5.92 Å². The highest BCUT2D eigenvalue weighted by molar-refractivity contribution is 5.79. The molecule has 7 nitrogen and oxygen atoms in total. The lowest BCUT2D eigenvalue weighted by molar-refractivity contribution is 0.00751. The molecule has 152 valence electrons. The molecule has 2 rings (SSSR count). The molecule has 0 saturated carbocycles. The zero-order valence-electron chi connectivity index (χ0n) is 16.8. The van der Waals surface area contributed by atoms with Gasteiger partial charge in [0.1, 0.15) is 0 Å². The number of nitrogens with one attached hydrogen (secondary N) is 2. The van der Waals surface area contributed by atoms with Gasteiger partial charge >= 0.3 is 0 Å². The summed E-state index contributed by atoms with van der Waals surface area (Å²) in [7, 11) is 1.82. The fourth-order valence-electron chi connectivity index (χ4n) is 3.49. The van der Waals surface area contributed by atoms with E-state index < -0.39 is 0 Å². The molecule has 26 heavy (non-hydrogen) atoms. The second-order valence-corrected chi connectivity index (χ2v) is 7.40. The molecular formula is C19H38N4O3. The number of hydrogen-bond donors (Lipinski definition) is 2. The topological polar surface area (TPSA) is 67.4 Å². The molecule has 7 heteroatoms. The number of aliphatic imine (C=N–C) groups is 1. The SMILES string of the molecule is CN=C(NCCCOCC1CCCO1)NCC(C(C)C)N1CCOCC1. The fourth-order valence-corrected chi connectivity index (χ4v) is 3.49. The van der Waals surface area contributed by atoms with Gasteiger partial charge in [0.25, 0.3) is 0 Å². The second-order valence-electron chi connectivity index (χ2n) is 7.40. The Kier molecular flexibility index (Phi) is 10.3. The molecule has 0 aromatic rings. The summed E-state index contributed by atoms with van der Waals surface area (Å²) in [4.78, 5) is 6.86. The molecule has 2 N–H and O–H groups in total. The van der Waals surface area contributed by atoms with Crippen LogP contribution in [0.5, 0.6) is 0 Å². The summed E-state index contributed by atoms with van der Waals surface area (Å²) < 4.78 is 16.7. The van der Waals surface area contributed by atoms with Gasteiger partial charge in [0.2, 0.25) is 0 Å². The predicted octanol–water partition coefficient (Wildman–Crippen LogP) is 1.09. The van der Waals surface area contributed by atoms with Crippen molar-refractivity contribution in [1.82, 2.24) is 15.5 Å². The normalized spacial score (nSPS) is 23.4. The van der Waals surface area contributed by atoms with Gasteiger partial charge in [-0.1, -0.05) is 13.8 Å². The lowest BCUT2D eigenvalue weighted by Gasteiger charge is -2.37. The summed E-state index contributed by atoms with van der Waals surface area (Å²) in [6.45, 7) is 12.4. The van der Waals surface area contributed by atoms with Crippen LogP contribution in [-0.4, -0.2) is 89.3 Å². The highest BCUT2D eigenvalue weighted by Crippen LogP contribution is 2.12. The van der Waals surface area contributed by atoms with E-state index in [0.29, 0.717) is 18.1 Å². The number of guanidine groups is 1. The van der Waals surface area contributed by atoms with Gasteiger partial charge in [-0.25, -0.2) is 0 Å². The van der Waals surface area contributed by atoms with E-state index in [0.717, 1.165) is 78.0 Å². The minimum atomic E-state index is 0.311. The van der Waals surface area contributed by atoms with E-state index >= 15 is 0 Å². The van der Waals surface area contributed by atoms with Crippen molar-refractivity contribution in [1.29, 1.82) is 0 Å². The maximum Gasteiger partial charge on any atom is 0.191 e. The van der Waals surface area contributed by atoms with Gasteiger partial charge in [-0.05, 0) is 25.2 Å². The van der Waals surface area contributed by atoms with E-state index in [9.17, 15) is 0 Å². The number of rotatable bonds is 10. The number of nitrogens with zero attached hydrogens (tertiary/aromatic N) is 2.